The Morgan fingerprint density at radius 3 is 2.64 bits per heavy atom. The number of thiazole rings is 1. The summed E-state index contributed by atoms with van der Waals surface area (Å²) in [4.78, 5) is 3.89. The van der Waals surface area contributed by atoms with E-state index in [-0.39, 0.29) is 0 Å². The third-order valence-electron chi connectivity index (χ3n) is 1.02. The first-order valence-corrected chi connectivity index (χ1v) is 5.64. The highest BCUT2D eigenvalue weighted by atomic mass is 32.2. The van der Waals surface area contributed by atoms with Gasteiger partial charge in [0.1, 0.15) is 5.00 Å². The minimum atomic E-state index is -3.15. The van der Waals surface area contributed by atoms with Crippen LogP contribution < -0.4 is 4.72 Å². The SMILES string of the molecule is Cc1ncsc1NS(C)(=O)=O. The van der Waals surface area contributed by atoms with E-state index in [1.54, 1.807) is 12.4 Å². The van der Waals surface area contributed by atoms with E-state index >= 15 is 0 Å². The van der Waals surface area contributed by atoms with Gasteiger partial charge in [0.25, 0.3) is 0 Å². The molecule has 62 valence electrons. The van der Waals surface area contributed by atoms with Crippen LogP contribution in [-0.2, 0) is 10.0 Å². The van der Waals surface area contributed by atoms with Crippen molar-refractivity contribution in [3.63, 3.8) is 0 Å². The van der Waals surface area contributed by atoms with Gasteiger partial charge in [0.2, 0.25) is 10.0 Å². The molecule has 0 aromatic carbocycles. The Kier molecular flexibility index (Phi) is 2.15. The molecule has 1 N–H and O–H groups in total. The first kappa shape index (κ1) is 8.48. The van der Waals surface area contributed by atoms with Crippen LogP contribution in [0, 0.1) is 6.92 Å². The minimum absolute atomic E-state index is 0.590. The number of anilines is 1. The smallest absolute Gasteiger partial charge is 0.230 e. The molecular formula is C5H8N2O2S2. The molecule has 1 aromatic heterocycles. The lowest BCUT2D eigenvalue weighted by Crippen LogP contribution is -2.08. The maximum absolute atomic E-state index is 10.7. The molecule has 0 amide bonds. The predicted octanol–water partition coefficient (Wildman–Crippen LogP) is 0.823. The van der Waals surface area contributed by atoms with Gasteiger partial charge in [-0.2, -0.15) is 0 Å². The number of rotatable bonds is 2. The molecule has 0 radical (unpaired) electrons. The monoisotopic (exact) mass is 192 g/mol. The normalized spacial score (nSPS) is 11.5. The van der Waals surface area contributed by atoms with Crippen molar-refractivity contribution in [2.24, 2.45) is 0 Å². The number of hydrogen-bond acceptors (Lipinski definition) is 4. The van der Waals surface area contributed by atoms with Crippen LogP contribution in [0.3, 0.4) is 0 Å². The fourth-order valence-electron chi connectivity index (χ4n) is 0.568. The fourth-order valence-corrected chi connectivity index (χ4v) is 2.24. The molecule has 0 aliphatic heterocycles. The molecule has 1 rings (SSSR count). The number of aromatic nitrogens is 1. The summed E-state index contributed by atoms with van der Waals surface area (Å²) in [5, 5.41) is 0.590. The van der Waals surface area contributed by atoms with Gasteiger partial charge in [-0.25, -0.2) is 13.4 Å². The molecule has 0 saturated heterocycles. The maximum Gasteiger partial charge on any atom is 0.230 e. The van der Waals surface area contributed by atoms with E-state index in [0.29, 0.717) is 10.7 Å². The summed E-state index contributed by atoms with van der Waals surface area (Å²) in [5.74, 6) is 0. The largest absolute Gasteiger partial charge is 0.273 e. The van der Waals surface area contributed by atoms with Crippen LogP contribution >= 0.6 is 11.3 Å². The summed E-state index contributed by atoms with van der Waals surface area (Å²) in [6.45, 7) is 1.75. The highest BCUT2D eigenvalue weighted by Gasteiger charge is 2.05. The van der Waals surface area contributed by atoms with Gasteiger partial charge in [-0.15, -0.1) is 11.3 Å². The lowest BCUT2D eigenvalue weighted by atomic mass is 10.5. The zero-order chi connectivity index (χ0) is 8.48. The highest BCUT2D eigenvalue weighted by Crippen LogP contribution is 2.19. The Hall–Kier alpha value is -0.620. The van der Waals surface area contributed by atoms with Crippen molar-refractivity contribution in [2.75, 3.05) is 11.0 Å². The quantitative estimate of drug-likeness (QED) is 0.754. The molecule has 0 bridgehead atoms. The number of nitrogens with zero attached hydrogens (tertiary/aromatic N) is 1. The van der Waals surface area contributed by atoms with Gasteiger partial charge >= 0.3 is 0 Å². The Bertz CT molecular complexity index is 341. The van der Waals surface area contributed by atoms with Crippen LogP contribution in [0.25, 0.3) is 0 Å². The van der Waals surface area contributed by atoms with E-state index in [2.05, 4.69) is 9.71 Å². The van der Waals surface area contributed by atoms with Gasteiger partial charge in [-0.05, 0) is 6.92 Å². The molecule has 1 aromatic rings. The predicted molar refractivity (Wildman–Crippen MR) is 45.3 cm³/mol. The summed E-state index contributed by atoms with van der Waals surface area (Å²) < 4.78 is 23.8. The van der Waals surface area contributed by atoms with Crippen molar-refractivity contribution in [2.45, 2.75) is 6.92 Å². The average molecular weight is 192 g/mol. The maximum atomic E-state index is 10.7. The van der Waals surface area contributed by atoms with Crippen LogP contribution in [0.1, 0.15) is 5.69 Å². The van der Waals surface area contributed by atoms with Crippen molar-refractivity contribution < 1.29 is 8.42 Å². The minimum Gasteiger partial charge on any atom is -0.273 e. The van der Waals surface area contributed by atoms with Crippen LogP contribution in [0.4, 0.5) is 5.00 Å². The third kappa shape index (κ3) is 2.47. The van der Waals surface area contributed by atoms with Crippen molar-refractivity contribution in [1.82, 2.24) is 4.98 Å². The van der Waals surface area contributed by atoms with E-state index in [0.717, 1.165) is 6.26 Å². The van der Waals surface area contributed by atoms with Crippen molar-refractivity contribution >= 4 is 26.4 Å². The Morgan fingerprint density at radius 2 is 2.27 bits per heavy atom. The average Bonchev–Trinajstić information content (AvgIpc) is 2.12. The van der Waals surface area contributed by atoms with Crippen molar-refractivity contribution in [1.29, 1.82) is 0 Å². The second kappa shape index (κ2) is 2.78. The van der Waals surface area contributed by atoms with Crippen LogP contribution in [0.2, 0.25) is 0 Å². The molecule has 0 saturated carbocycles. The van der Waals surface area contributed by atoms with Gasteiger partial charge in [-0.3, -0.25) is 4.72 Å². The Labute approximate surface area is 69.3 Å². The van der Waals surface area contributed by atoms with E-state index in [4.69, 9.17) is 0 Å². The number of hydrogen-bond donors (Lipinski definition) is 1. The lowest BCUT2D eigenvalue weighted by Gasteiger charge is -1.98. The lowest BCUT2D eigenvalue weighted by molar-refractivity contribution is 0.607. The number of aryl methyl sites for hydroxylation is 1. The standard InChI is InChI=1S/C5H8N2O2S2/c1-4-5(10-3-6-4)7-11(2,8)9/h3,7H,1-2H3. The molecule has 0 aliphatic carbocycles. The molecule has 6 heteroatoms. The van der Waals surface area contributed by atoms with Gasteiger partial charge in [-0.1, -0.05) is 0 Å². The second-order valence-electron chi connectivity index (χ2n) is 2.14. The fraction of sp³-hybridized carbons (Fsp3) is 0.400. The molecule has 0 spiro atoms. The first-order chi connectivity index (χ1) is 4.99. The number of nitrogens with one attached hydrogen (secondary N) is 1. The Balaban J connectivity index is 2.89. The molecule has 1 heterocycles. The highest BCUT2D eigenvalue weighted by molar-refractivity contribution is 7.92. The van der Waals surface area contributed by atoms with Gasteiger partial charge in [0.15, 0.2) is 0 Å². The zero-order valence-corrected chi connectivity index (χ0v) is 7.79. The van der Waals surface area contributed by atoms with Crippen LogP contribution in [0.15, 0.2) is 5.51 Å². The van der Waals surface area contributed by atoms with Crippen LogP contribution in [0.5, 0.6) is 0 Å². The summed E-state index contributed by atoms with van der Waals surface area (Å²) in [6.07, 6.45) is 1.12. The van der Waals surface area contributed by atoms with Crippen LogP contribution in [-0.4, -0.2) is 19.7 Å². The second-order valence-corrected chi connectivity index (χ2v) is 4.74. The van der Waals surface area contributed by atoms with E-state index in [1.807, 2.05) is 0 Å². The number of sulfonamides is 1. The van der Waals surface area contributed by atoms with E-state index < -0.39 is 10.0 Å². The third-order valence-corrected chi connectivity index (χ3v) is 2.57. The van der Waals surface area contributed by atoms with E-state index in [1.165, 1.54) is 11.3 Å². The van der Waals surface area contributed by atoms with Crippen molar-refractivity contribution in [3.05, 3.63) is 11.2 Å². The van der Waals surface area contributed by atoms with Gasteiger partial charge in [0.05, 0.1) is 17.5 Å². The summed E-state index contributed by atoms with van der Waals surface area (Å²) in [6, 6.07) is 0. The molecule has 0 atom stereocenters. The molecule has 0 aliphatic rings. The Morgan fingerprint density at radius 1 is 1.64 bits per heavy atom. The summed E-state index contributed by atoms with van der Waals surface area (Å²) >= 11 is 1.28. The zero-order valence-electron chi connectivity index (χ0n) is 6.16. The van der Waals surface area contributed by atoms with Gasteiger partial charge in [0, 0.05) is 0 Å². The molecular weight excluding hydrogens is 184 g/mol. The molecule has 11 heavy (non-hydrogen) atoms. The molecule has 0 unspecified atom stereocenters. The summed E-state index contributed by atoms with van der Waals surface area (Å²) in [5.41, 5.74) is 2.31. The van der Waals surface area contributed by atoms with Crippen molar-refractivity contribution in [3.8, 4) is 0 Å². The van der Waals surface area contributed by atoms with E-state index in [9.17, 15) is 8.42 Å². The topological polar surface area (TPSA) is 59.1 Å². The summed E-state index contributed by atoms with van der Waals surface area (Å²) in [7, 11) is -3.15. The molecule has 4 nitrogen and oxygen atoms in total. The van der Waals surface area contributed by atoms with Gasteiger partial charge < -0.3 is 0 Å². The molecule has 0 fully saturated rings. The first-order valence-electron chi connectivity index (χ1n) is 2.87.